The molecule has 0 saturated heterocycles. The van der Waals surface area contributed by atoms with Gasteiger partial charge in [0.25, 0.3) is 0 Å². The molecule has 1 aromatic rings. The van der Waals surface area contributed by atoms with Crippen molar-refractivity contribution in [2.75, 3.05) is 5.32 Å². The van der Waals surface area contributed by atoms with E-state index in [1.165, 1.54) is 24.9 Å². The van der Waals surface area contributed by atoms with Crippen LogP contribution in [-0.4, -0.2) is 31.7 Å². The number of carboxylic acid groups (broad SMARTS) is 1. The van der Waals surface area contributed by atoms with E-state index in [2.05, 4.69) is 15.4 Å². The van der Waals surface area contributed by atoms with Crippen molar-refractivity contribution >= 4 is 17.8 Å². The number of aliphatic carboxylic acids is 1. The number of carboxylic acids is 1. The molecule has 2 N–H and O–H groups in total. The molecule has 1 heterocycles. The van der Waals surface area contributed by atoms with Crippen molar-refractivity contribution in [1.29, 1.82) is 0 Å². The van der Waals surface area contributed by atoms with Gasteiger partial charge in [0.15, 0.2) is 0 Å². The summed E-state index contributed by atoms with van der Waals surface area (Å²) in [7, 11) is 1.63. The van der Waals surface area contributed by atoms with Gasteiger partial charge in [-0.05, 0) is 13.8 Å². The van der Waals surface area contributed by atoms with Crippen LogP contribution in [0.25, 0.3) is 0 Å². The number of hydrogen-bond donors (Lipinski definition) is 2. The van der Waals surface area contributed by atoms with E-state index < -0.39 is 17.3 Å². The number of nitrogens with zero attached hydrogens (tertiary/aromatic N) is 3. The molecular formula is C9H14N4O3. The van der Waals surface area contributed by atoms with Crippen molar-refractivity contribution in [2.45, 2.75) is 20.3 Å². The number of anilines is 1. The molecule has 16 heavy (non-hydrogen) atoms. The lowest BCUT2D eigenvalue weighted by molar-refractivity contribution is -0.148. The highest BCUT2D eigenvalue weighted by atomic mass is 16.4. The Bertz CT molecular complexity index is 411. The molecule has 0 unspecified atom stereocenters. The van der Waals surface area contributed by atoms with Gasteiger partial charge in [0.1, 0.15) is 6.33 Å². The second-order valence-electron chi connectivity index (χ2n) is 4.12. The molecular weight excluding hydrogens is 212 g/mol. The maximum absolute atomic E-state index is 11.5. The molecule has 0 fully saturated rings. The fourth-order valence-electron chi connectivity index (χ4n) is 1.06. The monoisotopic (exact) mass is 226 g/mol. The third kappa shape index (κ3) is 2.78. The topological polar surface area (TPSA) is 97.1 Å². The second-order valence-corrected chi connectivity index (χ2v) is 4.12. The van der Waals surface area contributed by atoms with E-state index >= 15 is 0 Å². The molecule has 1 amide bonds. The van der Waals surface area contributed by atoms with E-state index in [0.717, 1.165) is 0 Å². The minimum Gasteiger partial charge on any atom is -0.481 e. The van der Waals surface area contributed by atoms with Gasteiger partial charge in [0.2, 0.25) is 11.9 Å². The second kappa shape index (κ2) is 4.30. The van der Waals surface area contributed by atoms with Crippen LogP contribution >= 0.6 is 0 Å². The van der Waals surface area contributed by atoms with E-state index in [1.54, 1.807) is 7.05 Å². The third-order valence-electron chi connectivity index (χ3n) is 2.14. The van der Waals surface area contributed by atoms with Crippen molar-refractivity contribution in [2.24, 2.45) is 12.5 Å². The molecule has 0 aliphatic carbocycles. The van der Waals surface area contributed by atoms with Gasteiger partial charge < -0.3 is 5.11 Å². The van der Waals surface area contributed by atoms with Crippen molar-refractivity contribution in [3.8, 4) is 0 Å². The van der Waals surface area contributed by atoms with Crippen molar-refractivity contribution in [3.63, 3.8) is 0 Å². The highest BCUT2D eigenvalue weighted by Crippen LogP contribution is 2.20. The van der Waals surface area contributed by atoms with Gasteiger partial charge in [-0.15, -0.1) is 0 Å². The van der Waals surface area contributed by atoms with Gasteiger partial charge in [-0.3, -0.25) is 14.9 Å². The first-order valence-electron chi connectivity index (χ1n) is 4.70. The molecule has 0 atom stereocenters. The number of carbonyl (C=O) groups excluding carboxylic acids is 1. The molecule has 1 rings (SSSR count). The summed E-state index contributed by atoms with van der Waals surface area (Å²) in [4.78, 5) is 26.1. The van der Waals surface area contributed by atoms with Crippen molar-refractivity contribution in [3.05, 3.63) is 6.33 Å². The largest absolute Gasteiger partial charge is 0.481 e. The summed E-state index contributed by atoms with van der Waals surface area (Å²) in [6.45, 7) is 2.98. The van der Waals surface area contributed by atoms with Crippen LogP contribution in [0.4, 0.5) is 5.95 Å². The first-order chi connectivity index (χ1) is 7.33. The molecule has 0 saturated carbocycles. The van der Waals surface area contributed by atoms with Crippen LogP contribution in [0.3, 0.4) is 0 Å². The Balaban J connectivity index is 2.62. The number of amides is 1. The number of hydrogen-bond acceptors (Lipinski definition) is 4. The zero-order valence-corrected chi connectivity index (χ0v) is 9.39. The Morgan fingerprint density at radius 1 is 1.56 bits per heavy atom. The van der Waals surface area contributed by atoms with Crippen LogP contribution in [0.5, 0.6) is 0 Å². The van der Waals surface area contributed by atoms with Gasteiger partial charge in [-0.1, -0.05) is 0 Å². The lowest BCUT2D eigenvalue weighted by Crippen LogP contribution is -2.30. The maximum Gasteiger partial charge on any atom is 0.309 e. The first-order valence-corrected chi connectivity index (χ1v) is 4.70. The highest BCUT2D eigenvalue weighted by Gasteiger charge is 2.30. The Morgan fingerprint density at radius 2 is 2.19 bits per heavy atom. The summed E-state index contributed by atoms with van der Waals surface area (Å²) in [5.41, 5.74) is -1.09. The molecule has 0 bridgehead atoms. The van der Waals surface area contributed by atoms with Crippen LogP contribution in [0, 0.1) is 5.41 Å². The molecule has 0 aliphatic heterocycles. The fourth-order valence-corrected chi connectivity index (χ4v) is 1.06. The average Bonchev–Trinajstić information content (AvgIpc) is 2.50. The molecule has 88 valence electrons. The van der Waals surface area contributed by atoms with E-state index in [1.807, 2.05) is 0 Å². The lowest BCUT2D eigenvalue weighted by atomic mass is 9.89. The maximum atomic E-state index is 11.5. The third-order valence-corrected chi connectivity index (χ3v) is 2.14. The summed E-state index contributed by atoms with van der Waals surface area (Å²) < 4.78 is 1.39. The number of aromatic nitrogens is 3. The molecule has 0 aromatic carbocycles. The van der Waals surface area contributed by atoms with Crippen LogP contribution in [0.15, 0.2) is 6.33 Å². The van der Waals surface area contributed by atoms with Gasteiger partial charge in [0.05, 0.1) is 5.41 Å². The Morgan fingerprint density at radius 3 is 2.62 bits per heavy atom. The molecule has 1 aromatic heterocycles. The molecule has 7 nitrogen and oxygen atoms in total. The quantitative estimate of drug-likeness (QED) is 0.767. The predicted molar refractivity (Wildman–Crippen MR) is 55.7 cm³/mol. The number of aryl methyl sites for hydroxylation is 1. The van der Waals surface area contributed by atoms with Gasteiger partial charge >= 0.3 is 5.97 Å². The summed E-state index contributed by atoms with van der Waals surface area (Å²) >= 11 is 0. The predicted octanol–water partition coefficient (Wildman–Crippen LogP) is 0.254. The van der Waals surface area contributed by atoms with E-state index in [-0.39, 0.29) is 6.42 Å². The summed E-state index contributed by atoms with van der Waals surface area (Å²) in [6.07, 6.45) is 1.19. The van der Waals surface area contributed by atoms with E-state index in [4.69, 9.17) is 5.11 Å². The van der Waals surface area contributed by atoms with Crippen molar-refractivity contribution < 1.29 is 14.7 Å². The van der Waals surface area contributed by atoms with E-state index in [0.29, 0.717) is 5.95 Å². The molecule has 0 aliphatic rings. The fraction of sp³-hybridized carbons (Fsp3) is 0.556. The number of carbonyl (C=O) groups is 2. The summed E-state index contributed by atoms with van der Waals surface area (Å²) in [5, 5.41) is 15.1. The zero-order chi connectivity index (χ0) is 12.3. The van der Waals surface area contributed by atoms with Crippen LogP contribution in [0.2, 0.25) is 0 Å². The highest BCUT2D eigenvalue weighted by molar-refractivity contribution is 5.92. The standard InChI is InChI=1S/C9H14N4O3/c1-9(2,7(15)16)4-6(14)12-8-10-5-11-13(8)3/h5H,4H2,1-3H3,(H,15,16)(H,10,11,12,14). The number of nitrogens with one attached hydrogen (secondary N) is 1. The SMILES string of the molecule is Cn1ncnc1NC(=O)CC(C)(C)C(=O)O. The van der Waals surface area contributed by atoms with E-state index in [9.17, 15) is 9.59 Å². The minimum absolute atomic E-state index is 0.116. The Kier molecular flexibility index (Phi) is 3.26. The van der Waals surface area contributed by atoms with Crippen LogP contribution in [0.1, 0.15) is 20.3 Å². The summed E-state index contributed by atoms with van der Waals surface area (Å²) in [5.74, 6) is -1.12. The average molecular weight is 226 g/mol. The minimum atomic E-state index is -1.09. The Labute approximate surface area is 92.5 Å². The normalized spacial score (nSPS) is 11.2. The molecule has 7 heteroatoms. The van der Waals surface area contributed by atoms with Gasteiger partial charge in [-0.2, -0.15) is 10.1 Å². The molecule has 0 radical (unpaired) electrons. The number of rotatable bonds is 4. The van der Waals surface area contributed by atoms with Gasteiger partial charge in [-0.25, -0.2) is 4.68 Å². The van der Waals surface area contributed by atoms with Crippen molar-refractivity contribution in [1.82, 2.24) is 14.8 Å². The molecule has 0 spiro atoms. The zero-order valence-electron chi connectivity index (χ0n) is 9.39. The first kappa shape index (κ1) is 12.2. The summed E-state index contributed by atoms with van der Waals surface area (Å²) in [6, 6.07) is 0. The van der Waals surface area contributed by atoms with Gasteiger partial charge in [0, 0.05) is 13.5 Å². The van der Waals surface area contributed by atoms with Crippen LogP contribution in [-0.2, 0) is 16.6 Å². The van der Waals surface area contributed by atoms with Crippen LogP contribution < -0.4 is 5.32 Å². The smallest absolute Gasteiger partial charge is 0.309 e. The Hall–Kier alpha value is -1.92. The lowest BCUT2D eigenvalue weighted by Gasteiger charge is -2.17.